The molecule has 66 valence electrons. The molecule has 0 unspecified atom stereocenters. The highest BCUT2D eigenvalue weighted by molar-refractivity contribution is 5.95. The molecule has 0 radical (unpaired) electrons. The Morgan fingerprint density at radius 1 is 1.17 bits per heavy atom. The van der Waals surface area contributed by atoms with Crippen LogP contribution >= 0.6 is 0 Å². The predicted octanol–water partition coefficient (Wildman–Crippen LogP) is 3.22. The first-order valence-corrected chi connectivity index (χ1v) is 4.28. The van der Waals surface area contributed by atoms with Gasteiger partial charge in [0, 0.05) is 5.56 Å². The highest BCUT2D eigenvalue weighted by Crippen LogP contribution is 2.06. The van der Waals surface area contributed by atoms with Crippen LogP contribution in [-0.4, -0.2) is 5.78 Å². The van der Waals surface area contributed by atoms with Crippen molar-refractivity contribution in [2.24, 2.45) is 0 Å². The number of carbonyl (C=O) groups excluding carboxylic acids is 1. The number of hydrogen-bond acceptors (Lipinski definition) is 1. The van der Waals surface area contributed by atoms with E-state index in [0.717, 1.165) is 11.1 Å². The molecule has 0 aliphatic heterocycles. The van der Waals surface area contributed by atoms with Crippen molar-refractivity contribution in [3.05, 3.63) is 35.4 Å². The first-order valence-electron chi connectivity index (χ1n) is 4.28. The average molecular weight is 164 g/mol. The van der Waals surface area contributed by atoms with E-state index < -0.39 is 0 Å². The van der Waals surface area contributed by atoms with Crippen molar-refractivity contribution in [3.8, 4) is 0 Å². The van der Waals surface area contributed by atoms with Crippen LogP contribution in [0.15, 0.2) is 24.3 Å². The molecule has 1 rings (SSSR count). The molecular weight excluding hydrogens is 148 g/mol. The highest BCUT2D eigenvalue weighted by atomic mass is 16.1. The zero-order chi connectivity index (χ0) is 9.56. The summed E-state index contributed by atoms with van der Waals surface area (Å²) in [5, 5.41) is 0. The van der Waals surface area contributed by atoms with Gasteiger partial charge >= 0.3 is 0 Å². The molecule has 0 fully saturated rings. The van der Waals surface area contributed by atoms with Crippen molar-refractivity contribution in [2.75, 3.05) is 0 Å². The Morgan fingerprint density at radius 2 is 1.67 bits per heavy atom. The van der Waals surface area contributed by atoms with E-state index in [1.54, 1.807) is 6.92 Å². The third kappa shape index (κ3) is 2.87. The molecular formula is C11H16O. The topological polar surface area (TPSA) is 17.1 Å². The van der Waals surface area contributed by atoms with Crippen molar-refractivity contribution in [1.82, 2.24) is 0 Å². The summed E-state index contributed by atoms with van der Waals surface area (Å²) >= 11 is 0. The van der Waals surface area contributed by atoms with Crippen molar-refractivity contribution in [1.29, 1.82) is 0 Å². The largest absolute Gasteiger partial charge is 0.295 e. The van der Waals surface area contributed by atoms with Crippen LogP contribution in [-0.2, 0) is 0 Å². The lowest BCUT2D eigenvalue weighted by Gasteiger charge is -1.97. The standard InChI is InChI=1S/C9H10O.C2H6/c1-7-5-3-4-6-9(7)8(2)10;1-2/h3-6H,1-2H3;1-2H3. The summed E-state index contributed by atoms with van der Waals surface area (Å²) in [6.07, 6.45) is 0. The van der Waals surface area contributed by atoms with E-state index in [1.165, 1.54) is 0 Å². The zero-order valence-electron chi connectivity index (χ0n) is 8.22. The van der Waals surface area contributed by atoms with Crippen molar-refractivity contribution < 1.29 is 4.79 Å². The van der Waals surface area contributed by atoms with Crippen molar-refractivity contribution in [3.63, 3.8) is 0 Å². The van der Waals surface area contributed by atoms with Gasteiger partial charge in [-0.25, -0.2) is 0 Å². The van der Waals surface area contributed by atoms with Gasteiger partial charge in [0.25, 0.3) is 0 Å². The maximum Gasteiger partial charge on any atom is 0.160 e. The number of benzene rings is 1. The van der Waals surface area contributed by atoms with Crippen molar-refractivity contribution in [2.45, 2.75) is 27.7 Å². The van der Waals surface area contributed by atoms with E-state index in [2.05, 4.69) is 0 Å². The third-order valence-corrected chi connectivity index (χ3v) is 1.52. The summed E-state index contributed by atoms with van der Waals surface area (Å²) in [7, 11) is 0. The smallest absolute Gasteiger partial charge is 0.160 e. The van der Waals surface area contributed by atoms with Gasteiger partial charge in [-0.2, -0.15) is 0 Å². The molecule has 0 aliphatic rings. The first kappa shape index (κ1) is 10.9. The molecule has 1 heteroatoms. The third-order valence-electron chi connectivity index (χ3n) is 1.52. The molecule has 1 nitrogen and oxygen atoms in total. The summed E-state index contributed by atoms with van der Waals surface area (Å²) in [4.78, 5) is 10.9. The highest BCUT2D eigenvalue weighted by Gasteiger charge is 1.99. The van der Waals surface area contributed by atoms with Gasteiger partial charge in [0.05, 0.1) is 0 Å². The van der Waals surface area contributed by atoms with Gasteiger partial charge in [-0.3, -0.25) is 4.79 Å². The lowest BCUT2D eigenvalue weighted by atomic mass is 10.1. The van der Waals surface area contributed by atoms with Crippen LogP contribution in [0, 0.1) is 6.92 Å². The second-order valence-electron chi connectivity index (χ2n) is 2.37. The quantitative estimate of drug-likeness (QED) is 0.582. The van der Waals surface area contributed by atoms with Crippen molar-refractivity contribution >= 4 is 5.78 Å². The molecule has 0 N–H and O–H groups in total. The van der Waals surface area contributed by atoms with E-state index >= 15 is 0 Å². The van der Waals surface area contributed by atoms with Crippen LogP contribution in [0.3, 0.4) is 0 Å². The Hall–Kier alpha value is -1.11. The number of aryl methyl sites for hydroxylation is 1. The van der Waals surface area contributed by atoms with Crippen LogP contribution in [0.25, 0.3) is 0 Å². The fourth-order valence-corrected chi connectivity index (χ4v) is 0.968. The number of carbonyl (C=O) groups is 1. The molecule has 12 heavy (non-hydrogen) atoms. The molecule has 0 amide bonds. The average Bonchev–Trinajstić information content (AvgIpc) is 2.08. The fraction of sp³-hybridized carbons (Fsp3) is 0.364. The van der Waals surface area contributed by atoms with E-state index in [4.69, 9.17) is 0 Å². The van der Waals surface area contributed by atoms with Crippen LogP contribution in [0.1, 0.15) is 36.7 Å². The van der Waals surface area contributed by atoms with Crippen LogP contribution in [0.5, 0.6) is 0 Å². The molecule has 0 aromatic heterocycles. The van der Waals surface area contributed by atoms with Gasteiger partial charge in [-0.05, 0) is 19.4 Å². The Labute approximate surface area is 74.4 Å². The molecule has 1 aromatic rings. The molecule has 0 saturated heterocycles. The van der Waals surface area contributed by atoms with E-state index in [0.29, 0.717) is 0 Å². The van der Waals surface area contributed by atoms with Gasteiger partial charge in [0.2, 0.25) is 0 Å². The molecule has 0 atom stereocenters. The summed E-state index contributed by atoms with van der Waals surface area (Å²) in [6, 6.07) is 7.60. The second-order valence-corrected chi connectivity index (χ2v) is 2.37. The second kappa shape index (κ2) is 5.53. The SMILES string of the molecule is CC.CC(=O)c1ccccc1C. The lowest BCUT2D eigenvalue weighted by molar-refractivity contribution is 0.101. The molecule has 0 aliphatic carbocycles. The van der Waals surface area contributed by atoms with Crippen LogP contribution in [0.4, 0.5) is 0 Å². The lowest BCUT2D eigenvalue weighted by Crippen LogP contribution is -1.93. The Morgan fingerprint density at radius 3 is 2.00 bits per heavy atom. The van der Waals surface area contributed by atoms with Crippen LogP contribution < -0.4 is 0 Å². The minimum atomic E-state index is 0.137. The Bertz CT molecular complexity index is 251. The minimum absolute atomic E-state index is 0.137. The van der Waals surface area contributed by atoms with E-state index in [9.17, 15) is 4.79 Å². The zero-order valence-corrected chi connectivity index (χ0v) is 8.22. The van der Waals surface area contributed by atoms with Gasteiger partial charge in [0.15, 0.2) is 5.78 Å². The maximum atomic E-state index is 10.9. The number of hydrogen-bond donors (Lipinski definition) is 0. The van der Waals surface area contributed by atoms with E-state index in [-0.39, 0.29) is 5.78 Å². The Kier molecular flexibility index (Phi) is 5.02. The molecule has 0 heterocycles. The number of Topliss-reactive ketones (excluding diaryl/α,β-unsaturated/α-hetero) is 1. The molecule has 1 aromatic carbocycles. The van der Waals surface area contributed by atoms with E-state index in [1.807, 2.05) is 45.0 Å². The number of rotatable bonds is 1. The summed E-state index contributed by atoms with van der Waals surface area (Å²) < 4.78 is 0. The molecule has 0 saturated carbocycles. The maximum absolute atomic E-state index is 10.9. The fourth-order valence-electron chi connectivity index (χ4n) is 0.968. The van der Waals surface area contributed by atoms with Gasteiger partial charge in [-0.15, -0.1) is 0 Å². The summed E-state index contributed by atoms with van der Waals surface area (Å²) in [5.74, 6) is 0.137. The minimum Gasteiger partial charge on any atom is -0.295 e. The molecule has 0 spiro atoms. The first-order chi connectivity index (χ1) is 5.72. The van der Waals surface area contributed by atoms with Crippen LogP contribution in [0.2, 0.25) is 0 Å². The normalized spacial score (nSPS) is 8.33. The monoisotopic (exact) mass is 164 g/mol. The van der Waals surface area contributed by atoms with Gasteiger partial charge in [0.1, 0.15) is 0 Å². The summed E-state index contributed by atoms with van der Waals surface area (Å²) in [6.45, 7) is 7.53. The molecule has 0 bridgehead atoms. The summed E-state index contributed by atoms with van der Waals surface area (Å²) in [5.41, 5.74) is 1.87. The Balaban J connectivity index is 0.000000561. The van der Waals surface area contributed by atoms with Gasteiger partial charge in [-0.1, -0.05) is 38.1 Å². The number of ketones is 1. The predicted molar refractivity (Wildman–Crippen MR) is 52.5 cm³/mol. The van der Waals surface area contributed by atoms with Gasteiger partial charge < -0.3 is 0 Å².